The molecule has 1 heterocycles. The summed E-state index contributed by atoms with van der Waals surface area (Å²) in [5, 5.41) is 0. The minimum Gasteiger partial charge on any atom is -0.346 e. The second kappa shape index (κ2) is 3.95. The van der Waals surface area contributed by atoms with Crippen LogP contribution in [0.25, 0.3) is 11.3 Å². The van der Waals surface area contributed by atoms with Gasteiger partial charge in [-0.1, -0.05) is 36.0 Å². The Morgan fingerprint density at radius 3 is 2.67 bits per heavy atom. The fraction of sp³-hybridized carbons (Fsp3) is 0.167. The molecule has 76 valence electrons. The topological polar surface area (TPSA) is 28.7 Å². The fourth-order valence-electron chi connectivity index (χ4n) is 1.64. The number of aryl methyl sites for hydroxylation is 2. The van der Waals surface area contributed by atoms with E-state index in [2.05, 4.69) is 42.0 Å². The van der Waals surface area contributed by atoms with Crippen LogP contribution < -0.4 is 0 Å². The second-order valence-electron chi connectivity index (χ2n) is 3.62. The van der Waals surface area contributed by atoms with Crippen LogP contribution >= 0.6 is 12.2 Å². The number of nitrogens with one attached hydrogen (secondary N) is 1. The van der Waals surface area contributed by atoms with Crippen molar-refractivity contribution < 1.29 is 0 Å². The predicted octanol–water partition coefficient (Wildman–Crippen LogP) is 3.42. The molecule has 15 heavy (non-hydrogen) atoms. The zero-order valence-corrected chi connectivity index (χ0v) is 9.56. The van der Waals surface area contributed by atoms with Gasteiger partial charge in [-0.05, 0) is 25.5 Å². The van der Waals surface area contributed by atoms with Gasteiger partial charge in [0.05, 0.1) is 6.33 Å². The van der Waals surface area contributed by atoms with Crippen molar-refractivity contribution in [3.05, 3.63) is 46.4 Å². The fourth-order valence-corrected chi connectivity index (χ4v) is 1.81. The van der Waals surface area contributed by atoms with Gasteiger partial charge in [0.1, 0.15) is 4.64 Å². The van der Waals surface area contributed by atoms with Crippen LogP contribution in [-0.2, 0) is 0 Å². The lowest BCUT2D eigenvalue weighted by molar-refractivity contribution is 1.15. The van der Waals surface area contributed by atoms with E-state index in [0.717, 1.165) is 5.69 Å². The van der Waals surface area contributed by atoms with Gasteiger partial charge in [0.25, 0.3) is 0 Å². The third-order valence-electron chi connectivity index (χ3n) is 2.35. The van der Waals surface area contributed by atoms with Crippen molar-refractivity contribution in [1.82, 2.24) is 9.97 Å². The van der Waals surface area contributed by atoms with E-state index in [9.17, 15) is 0 Å². The molecule has 2 nitrogen and oxygen atoms in total. The summed E-state index contributed by atoms with van der Waals surface area (Å²) in [6.45, 7) is 4.19. The van der Waals surface area contributed by atoms with E-state index < -0.39 is 0 Å². The van der Waals surface area contributed by atoms with Crippen molar-refractivity contribution in [3.63, 3.8) is 0 Å². The Morgan fingerprint density at radius 1 is 1.20 bits per heavy atom. The molecule has 0 aliphatic heterocycles. The average Bonchev–Trinajstić information content (AvgIpc) is 2.17. The highest BCUT2D eigenvalue weighted by molar-refractivity contribution is 7.71. The summed E-state index contributed by atoms with van der Waals surface area (Å²) < 4.78 is 0.615. The Bertz CT molecular complexity index is 543. The lowest BCUT2D eigenvalue weighted by Crippen LogP contribution is -1.89. The molecule has 1 aromatic heterocycles. The third-order valence-corrected chi connectivity index (χ3v) is 2.57. The zero-order valence-electron chi connectivity index (χ0n) is 8.74. The summed E-state index contributed by atoms with van der Waals surface area (Å²) in [6.07, 6.45) is 1.64. The van der Waals surface area contributed by atoms with Crippen LogP contribution in [0.2, 0.25) is 0 Å². The SMILES string of the molecule is Cc1ccc(-c2cc(=S)nc[nH]2)c(C)c1. The molecule has 1 aromatic carbocycles. The lowest BCUT2D eigenvalue weighted by atomic mass is 10.0. The molecule has 0 atom stereocenters. The molecule has 1 N–H and O–H groups in total. The molecular weight excluding hydrogens is 204 g/mol. The largest absolute Gasteiger partial charge is 0.346 e. The molecule has 0 saturated heterocycles. The van der Waals surface area contributed by atoms with Crippen LogP contribution in [-0.4, -0.2) is 9.97 Å². The van der Waals surface area contributed by atoms with Gasteiger partial charge in [-0.2, -0.15) is 0 Å². The molecule has 0 aliphatic carbocycles. The average molecular weight is 216 g/mol. The maximum atomic E-state index is 5.04. The molecule has 2 aromatic rings. The van der Waals surface area contributed by atoms with Crippen molar-refractivity contribution in [1.29, 1.82) is 0 Å². The molecule has 0 amide bonds. The molecule has 0 unspecified atom stereocenters. The standard InChI is InChI=1S/C12H12N2S/c1-8-3-4-10(9(2)5-8)11-6-12(15)14-7-13-11/h3-7H,1-2H3,(H,13,14,15). The molecule has 3 heteroatoms. The Kier molecular flexibility index (Phi) is 2.64. The van der Waals surface area contributed by atoms with E-state index in [4.69, 9.17) is 12.2 Å². The number of hydrogen-bond donors (Lipinski definition) is 1. The lowest BCUT2D eigenvalue weighted by Gasteiger charge is -2.06. The molecule has 0 saturated carbocycles. The molecule has 0 spiro atoms. The van der Waals surface area contributed by atoms with E-state index in [0.29, 0.717) is 4.64 Å². The summed E-state index contributed by atoms with van der Waals surface area (Å²) in [7, 11) is 0. The number of aromatic nitrogens is 2. The van der Waals surface area contributed by atoms with E-state index >= 15 is 0 Å². The number of rotatable bonds is 1. The van der Waals surface area contributed by atoms with Crippen molar-refractivity contribution in [2.45, 2.75) is 13.8 Å². The smallest absolute Gasteiger partial charge is 0.130 e. The number of nitrogens with zero attached hydrogens (tertiary/aromatic N) is 1. The quantitative estimate of drug-likeness (QED) is 0.740. The summed E-state index contributed by atoms with van der Waals surface area (Å²) in [5.74, 6) is 0. The highest BCUT2D eigenvalue weighted by Gasteiger charge is 2.01. The zero-order chi connectivity index (χ0) is 10.8. The Labute approximate surface area is 94.0 Å². The molecule has 2 rings (SSSR count). The summed E-state index contributed by atoms with van der Waals surface area (Å²) in [6, 6.07) is 8.24. The van der Waals surface area contributed by atoms with Crippen molar-refractivity contribution >= 4 is 12.2 Å². The minimum absolute atomic E-state index is 0.615. The monoisotopic (exact) mass is 216 g/mol. The van der Waals surface area contributed by atoms with E-state index in [1.54, 1.807) is 6.33 Å². The van der Waals surface area contributed by atoms with E-state index in [1.165, 1.54) is 16.7 Å². The van der Waals surface area contributed by atoms with E-state index in [-0.39, 0.29) is 0 Å². The van der Waals surface area contributed by atoms with Crippen LogP contribution in [0.15, 0.2) is 30.6 Å². The maximum absolute atomic E-state index is 5.04. The number of aromatic amines is 1. The Hall–Kier alpha value is -1.48. The van der Waals surface area contributed by atoms with Gasteiger partial charge in [-0.15, -0.1) is 0 Å². The van der Waals surface area contributed by atoms with Gasteiger partial charge in [-0.3, -0.25) is 0 Å². The highest BCUT2D eigenvalue weighted by Crippen LogP contribution is 2.21. The van der Waals surface area contributed by atoms with Gasteiger partial charge in [-0.25, -0.2) is 4.98 Å². The third kappa shape index (κ3) is 2.13. The molecular formula is C12H12N2S. The molecule has 0 bridgehead atoms. The van der Waals surface area contributed by atoms with Crippen LogP contribution in [0.4, 0.5) is 0 Å². The maximum Gasteiger partial charge on any atom is 0.130 e. The first-order valence-corrected chi connectivity index (χ1v) is 5.20. The minimum atomic E-state index is 0.615. The van der Waals surface area contributed by atoms with Crippen molar-refractivity contribution in [3.8, 4) is 11.3 Å². The summed E-state index contributed by atoms with van der Waals surface area (Å²) in [4.78, 5) is 7.08. The van der Waals surface area contributed by atoms with Gasteiger partial charge in [0, 0.05) is 11.3 Å². The Balaban J connectivity index is 2.59. The number of H-pyrrole nitrogens is 1. The first-order valence-electron chi connectivity index (χ1n) is 4.79. The van der Waals surface area contributed by atoms with Gasteiger partial charge < -0.3 is 4.98 Å². The normalized spacial score (nSPS) is 10.3. The van der Waals surface area contributed by atoms with Gasteiger partial charge in [0.15, 0.2) is 0 Å². The molecule has 0 fully saturated rings. The van der Waals surface area contributed by atoms with Gasteiger partial charge in [0.2, 0.25) is 0 Å². The molecule has 0 aliphatic rings. The predicted molar refractivity (Wildman–Crippen MR) is 64.3 cm³/mol. The van der Waals surface area contributed by atoms with Gasteiger partial charge >= 0.3 is 0 Å². The summed E-state index contributed by atoms with van der Waals surface area (Å²) >= 11 is 5.04. The van der Waals surface area contributed by atoms with E-state index in [1.807, 2.05) is 6.07 Å². The Morgan fingerprint density at radius 2 is 2.00 bits per heavy atom. The first kappa shape index (κ1) is 10.1. The van der Waals surface area contributed by atoms with Crippen LogP contribution in [0.1, 0.15) is 11.1 Å². The molecule has 0 radical (unpaired) electrons. The van der Waals surface area contributed by atoms with Crippen molar-refractivity contribution in [2.24, 2.45) is 0 Å². The number of benzene rings is 1. The highest BCUT2D eigenvalue weighted by atomic mass is 32.1. The van der Waals surface area contributed by atoms with Crippen LogP contribution in [0.3, 0.4) is 0 Å². The van der Waals surface area contributed by atoms with Crippen LogP contribution in [0, 0.1) is 18.5 Å². The first-order chi connectivity index (χ1) is 7.16. The number of hydrogen-bond acceptors (Lipinski definition) is 2. The summed E-state index contributed by atoms with van der Waals surface area (Å²) in [5.41, 5.74) is 4.71. The second-order valence-corrected chi connectivity index (χ2v) is 4.04. The van der Waals surface area contributed by atoms with Crippen molar-refractivity contribution in [2.75, 3.05) is 0 Å². The van der Waals surface area contributed by atoms with Crippen LogP contribution in [0.5, 0.6) is 0 Å².